The summed E-state index contributed by atoms with van der Waals surface area (Å²) in [7, 11) is 0. The van der Waals surface area contributed by atoms with E-state index in [9.17, 15) is 18.0 Å². The number of halogens is 4. The van der Waals surface area contributed by atoms with Crippen molar-refractivity contribution in [3.05, 3.63) is 64.7 Å². The van der Waals surface area contributed by atoms with E-state index in [-0.39, 0.29) is 23.9 Å². The van der Waals surface area contributed by atoms with Gasteiger partial charge in [-0.2, -0.15) is 13.2 Å². The van der Waals surface area contributed by atoms with Gasteiger partial charge in [0.05, 0.1) is 10.6 Å². The molecule has 0 saturated heterocycles. The molecular formula is C17H15ClF3NO. The molecule has 0 saturated carbocycles. The highest BCUT2D eigenvalue weighted by atomic mass is 35.5. The van der Waals surface area contributed by atoms with Crippen LogP contribution in [0, 0.1) is 0 Å². The first-order valence-electron chi connectivity index (χ1n) is 6.99. The summed E-state index contributed by atoms with van der Waals surface area (Å²) in [6.07, 6.45) is -4.39. The molecular weight excluding hydrogens is 327 g/mol. The number of amides is 1. The van der Waals surface area contributed by atoms with Gasteiger partial charge in [0.25, 0.3) is 0 Å². The summed E-state index contributed by atoms with van der Waals surface area (Å²) < 4.78 is 38.4. The van der Waals surface area contributed by atoms with E-state index >= 15 is 0 Å². The maximum Gasteiger partial charge on any atom is 0.417 e. The van der Waals surface area contributed by atoms with Crippen molar-refractivity contribution >= 4 is 23.2 Å². The Hall–Kier alpha value is -2.01. The summed E-state index contributed by atoms with van der Waals surface area (Å²) in [6.45, 7) is 1.89. The van der Waals surface area contributed by atoms with Crippen molar-refractivity contribution in [3.8, 4) is 0 Å². The number of carbonyl (C=O) groups is 1. The standard InChI is InChI=1S/C17H15ClF3NO/c1-11(12-5-3-2-4-6-12)9-16(23)22-13-7-8-15(18)14(10-13)17(19,20)21/h2-8,10-11H,9H2,1H3,(H,22,23)/t11-/m1/s1. The van der Waals surface area contributed by atoms with Crippen LogP contribution in [0.3, 0.4) is 0 Å². The Morgan fingerprint density at radius 2 is 1.83 bits per heavy atom. The van der Waals surface area contributed by atoms with E-state index in [0.29, 0.717) is 0 Å². The van der Waals surface area contributed by atoms with Crippen LogP contribution in [0.5, 0.6) is 0 Å². The largest absolute Gasteiger partial charge is 0.417 e. The molecule has 0 aliphatic heterocycles. The molecule has 0 fully saturated rings. The maximum atomic E-state index is 12.8. The molecule has 1 amide bonds. The number of anilines is 1. The van der Waals surface area contributed by atoms with Crippen LogP contribution in [0.4, 0.5) is 18.9 Å². The highest BCUT2D eigenvalue weighted by Crippen LogP contribution is 2.36. The first kappa shape index (κ1) is 17.3. The normalized spacial score (nSPS) is 12.7. The van der Waals surface area contributed by atoms with E-state index in [1.165, 1.54) is 6.07 Å². The van der Waals surface area contributed by atoms with Gasteiger partial charge in [0.2, 0.25) is 5.91 Å². The fourth-order valence-corrected chi connectivity index (χ4v) is 2.43. The van der Waals surface area contributed by atoms with Crippen molar-refractivity contribution in [2.24, 2.45) is 0 Å². The summed E-state index contributed by atoms with van der Waals surface area (Å²) >= 11 is 5.55. The molecule has 0 aliphatic carbocycles. The third-order valence-electron chi connectivity index (χ3n) is 3.42. The van der Waals surface area contributed by atoms with Crippen LogP contribution in [-0.2, 0) is 11.0 Å². The van der Waals surface area contributed by atoms with Gasteiger partial charge in [-0.25, -0.2) is 0 Å². The number of hydrogen-bond acceptors (Lipinski definition) is 1. The van der Waals surface area contributed by atoms with Gasteiger partial charge in [0.15, 0.2) is 0 Å². The average Bonchev–Trinajstić information content (AvgIpc) is 2.49. The minimum atomic E-state index is -4.56. The Morgan fingerprint density at radius 1 is 1.17 bits per heavy atom. The van der Waals surface area contributed by atoms with Gasteiger partial charge in [0.1, 0.15) is 0 Å². The SMILES string of the molecule is C[C@H](CC(=O)Nc1ccc(Cl)c(C(F)(F)F)c1)c1ccccc1. The van der Waals surface area contributed by atoms with Gasteiger partial charge in [-0.1, -0.05) is 48.9 Å². The summed E-state index contributed by atoms with van der Waals surface area (Å²) in [5.74, 6) is -0.387. The highest BCUT2D eigenvalue weighted by Gasteiger charge is 2.33. The number of nitrogens with one attached hydrogen (secondary N) is 1. The zero-order valence-electron chi connectivity index (χ0n) is 12.3. The third-order valence-corrected chi connectivity index (χ3v) is 3.75. The Morgan fingerprint density at radius 3 is 2.43 bits per heavy atom. The van der Waals surface area contributed by atoms with E-state index in [2.05, 4.69) is 5.32 Å². The molecule has 0 aliphatic rings. The zero-order valence-corrected chi connectivity index (χ0v) is 13.1. The zero-order chi connectivity index (χ0) is 17.0. The molecule has 1 N–H and O–H groups in total. The van der Waals surface area contributed by atoms with Crippen LogP contribution in [-0.4, -0.2) is 5.91 Å². The van der Waals surface area contributed by atoms with E-state index in [4.69, 9.17) is 11.6 Å². The predicted octanol–water partition coefficient (Wildman–Crippen LogP) is 5.49. The monoisotopic (exact) mass is 341 g/mol. The second-order valence-electron chi connectivity index (χ2n) is 5.26. The quantitative estimate of drug-likeness (QED) is 0.782. The lowest BCUT2D eigenvalue weighted by Gasteiger charge is -2.14. The van der Waals surface area contributed by atoms with Crippen LogP contribution in [0.25, 0.3) is 0 Å². The molecule has 23 heavy (non-hydrogen) atoms. The Kier molecular flexibility index (Phi) is 5.31. The lowest BCUT2D eigenvalue weighted by Crippen LogP contribution is -2.15. The first-order chi connectivity index (χ1) is 10.8. The Labute approximate surface area is 137 Å². The van der Waals surface area contributed by atoms with E-state index in [0.717, 1.165) is 17.7 Å². The Balaban J connectivity index is 2.06. The van der Waals surface area contributed by atoms with Gasteiger partial charge in [-0.05, 0) is 29.7 Å². The van der Waals surface area contributed by atoms with E-state index in [1.54, 1.807) is 0 Å². The van der Waals surface area contributed by atoms with Crippen molar-refractivity contribution in [2.75, 3.05) is 5.32 Å². The van der Waals surface area contributed by atoms with E-state index in [1.807, 2.05) is 37.3 Å². The predicted molar refractivity (Wildman–Crippen MR) is 84.6 cm³/mol. The number of rotatable bonds is 4. The molecule has 2 aromatic rings. The second-order valence-corrected chi connectivity index (χ2v) is 5.66. The van der Waals surface area contributed by atoms with Gasteiger partial charge < -0.3 is 5.32 Å². The maximum absolute atomic E-state index is 12.8. The molecule has 2 nitrogen and oxygen atoms in total. The molecule has 1 atom stereocenters. The molecule has 6 heteroatoms. The average molecular weight is 342 g/mol. The summed E-state index contributed by atoms with van der Waals surface area (Å²) in [5, 5.41) is 2.09. The molecule has 0 aromatic heterocycles. The lowest BCUT2D eigenvalue weighted by atomic mass is 9.97. The molecule has 0 bridgehead atoms. The van der Waals surface area contributed by atoms with Crippen molar-refractivity contribution in [2.45, 2.75) is 25.4 Å². The van der Waals surface area contributed by atoms with Crippen LogP contribution in [0.1, 0.15) is 30.4 Å². The van der Waals surface area contributed by atoms with Gasteiger partial charge >= 0.3 is 6.18 Å². The fraction of sp³-hybridized carbons (Fsp3) is 0.235. The topological polar surface area (TPSA) is 29.1 Å². The van der Waals surface area contributed by atoms with Crippen molar-refractivity contribution < 1.29 is 18.0 Å². The number of alkyl halides is 3. The molecule has 0 spiro atoms. The van der Waals surface area contributed by atoms with E-state index < -0.39 is 16.8 Å². The highest BCUT2D eigenvalue weighted by molar-refractivity contribution is 6.31. The van der Waals surface area contributed by atoms with Gasteiger partial charge in [0, 0.05) is 12.1 Å². The smallest absolute Gasteiger partial charge is 0.326 e. The van der Waals surface area contributed by atoms with Crippen LogP contribution in [0.15, 0.2) is 48.5 Å². The van der Waals surface area contributed by atoms with Crippen molar-refractivity contribution in [3.63, 3.8) is 0 Å². The Bertz CT molecular complexity index is 686. The lowest BCUT2D eigenvalue weighted by molar-refractivity contribution is -0.137. The van der Waals surface area contributed by atoms with Crippen LogP contribution < -0.4 is 5.32 Å². The van der Waals surface area contributed by atoms with Crippen molar-refractivity contribution in [1.29, 1.82) is 0 Å². The summed E-state index contributed by atoms with van der Waals surface area (Å²) in [6, 6.07) is 12.8. The van der Waals surface area contributed by atoms with Gasteiger partial charge in [-0.3, -0.25) is 4.79 Å². The minimum Gasteiger partial charge on any atom is -0.326 e. The third kappa shape index (κ3) is 4.73. The minimum absolute atomic E-state index is 0.0365. The molecule has 2 aromatic carbocycles. The molecule has 0 radical (unpaired) electrons. The second kappa shape index (κ2) is 7.04. The van der Waals surface area contributed by atoms with Crippen LogP contribution >= 0.6 is 11.6 Å². The molecule has 122 valence electrons. The number of carbonyl (C=O) groups excluding carboxylic acids is 1. The number of hydrogen-bond donors (Lipinski definition) is 1. The number of benzene rings is 2. The molecule has 0 heterocycles. The van der Waals surface area contributed by atoms with Gasteiger partial charge in [-0.15, -0.1) is 0 Å². The molecule has 2 rings (SSSR count). The first-order valence-corrected chi connectivity index (χ1v) is 7.36. The fourth-order valence-electron chi connectivity index (χ4n) is 2.21. The summed E-state index contributed by atoms with van der Waals surface area (Å²) in [5.41, 5.74) is 0.106. The summed E-state index contributed by atoms with van der Waals surface area (Å²) in [4.78, 5) is 12.0. The molecule has 0 unspecified atom stereocenters. The van der Waals surface area contributed by atoms with Crippen LogP contribution in [0.2, 0.25) is 5.02 Å². The van der Waals surface area contributed by atoms with Crippen molar-refractivity contribution in [1.82, 2.24) is 0 Å².